The lowest BCUT2D eigenvalue weighted by Crippen LogP contribution is -2.14. The van der Waals surface area contributed by atoms with Gasteiger partial charge in [-0.25, -0.2) is 0 Å². The van der Waals surface area contributed by atoms with Gasteiger partial charge in [-0.2, -0.15) is 0 Å². The van der Waals surface area contributed by atoms with E-state index in [1.807, 2.05) is 13.8 Å². The molecule has 0 radical (unpaired) electrons. The molecule has 0 aromatic heterocycles. The van der Waals surface area contributed by atoms with E-state index in [1.54, 1.807) is 0 Å². The molecule has 0 aliphatic rings. The first-order chi connectivity index (χ1) is 3.68. The molecule has 48 valence electrons. The Morgan fingerprint density at radius 1 is 1.75 bits per heavy atom. The van der Waals surface area contributed by atoms with Crippen LogP contribution in [0.25, 0.3) is 0 Å². The minimum absolute atomic E-state index is 0.191. The third kappa shape index (κ3) is 2.93. The lowest BCUT2D eigenvalue weighted by molar-refractivity contribution is 0.307. The standard InChI is InChI=1S/C5H11NOS/c1-4(2)5(8)7-3-6/h4H,3,6H2,1-2H3. The molecule has 0 unspecified atom stereocenters. The van der Waals surface area contributed by atoms with E-state index in [0.29, 0.717) is 11.0 Å². The molecule has 8 heavy (non-hydrogen) atoms. The summed E-state index contributed by atoms with van der Waals surface area (Å²) in [4.78, 5) is 0. The second-order valence-corrected chi connectivity index (χ2v) is 2.19. The summed E-state index contributed by atoms with van der Waals surface area (Å²) in [5.41, 5.74) is 5.06. The molecule has 0 amide bonds. The van der Waals surface area contributed by atoms with Crippen LogP contribution in [-0.4, -0.2) is 11.8 Å². The van der Waals surface area contributed by atoms with E-state index in [0.717, 1.165) is 0 Å². The van der Waals surface area contributed by atoms with Crippen LogP contribution in [0, 0.1) is 5.92 Å². The van der Waals surface area contributed by atoms with Gasteiger partial charge in [-0.05, 0) is 12.2 Å². The minimum Gasteiger partial charge on any atom is -0.472 e. The summed E-state index contributed by atoms with van der Waals surface area (Å²) in [7, 11) is 0. The molecule has 0 bridgehead atoms. The molecule has 0 fully saturated rings. The Morgan fingerprint density at radius 3 is 2.38 bits per heavy atom. The second-order valence-electron chi connectivity index (χ2n) is 1.78. The number of ether oxygens (including phenoxy) is 1. The van der Waals surface area contributed by atoms with Crippen molar-refractivity contribution in [2.75, 3.05) is 6.73 Å². The topological polar surface area (TPSA) is 35.2 Å². The van der Waals surface area contributed by atoms with Crippen LogP contribution in [-0.2, 0) is 4.74 Å². The minimum atomic E-state index is 0.191. The van der Waals surface area contributed by atoms with Crippen LogP contribution in [0.1, 0.15) is 13.8 Å². The van der Waals surface area contributed by atoms with Gasteiger partial charge < -0.3 is 4.74 Å². The first-order valence-electron chi connectivity index (χ1n) is 2.55. The predicted molar refractivity (Wildman–Crippen MR) is 37.6 cm³/mol. The van der Waals surface area contributed by atoms with Gasteiger partial charge in [-0.1, -0.05) is 13.8 Å². The fraction of sp³-hybridized carbons (Fsp3) is 0.800. The molecule has 2 nitrogen and oxygen atoms in total. The van der Waals surface area contributed by atoms with Gasteiger partial charge in [0.2, 0.25) is 0 Å². The molecule has 0 aromatic carbocycles. The van der Waals surface area contributed by atoms with Gasteiger partial charge in [0.25, 0.3) is 0 Å². The molecule has 0 saturated heterocycles. The molecule has 0 aromatic rings. The lowest BCUT2D eigenvalue weighted by Gasteiger charge is -2.05. The SMILES string of the molecule is CC(C)C(=S)OCN. The number of thiocarbonyl (C=S) groups is 1. The highest BCUT2D eigenvalue weighted by atomic mass is 32.1. The number of rotatable bonds is 2. The summed E-state index contributed by atoms with van der Waals surface area (Å²) >= 11 is 4.77. The first-order valence-corrected chi connectivity index (χ1v) is 2.96. The van der Waals surface area contributed by atoms with E-state index in [2.05, 4.69) is 0 Å². The molecule has 0 aliphatic heterocycles. The normalized spacial score (nSPS) is 9.50. The fourth-order valence-corrected chi connectivity index (χ4v) is 0.317. The molecule has 0 saturated carbocycles. The van der Waals surface area contributed by atoms with E-state index >= 15 is 0 Å². The Balaban J connectivity index is 3.33. The van der Waals surface area contributed by atoms with Crippen molar-refractivity contribution in [1.29, 1.82) is 0 Å². The van der Waals surface area contributed by atoms with Gasteiger partial charge in [0.15, 0.2) is 5.05 Å². The van der Waals surface area contributed by atoms with Crippen LogP contribution in [0.2, 0.25) is 0 Å². The van der Waals surface area contributed by atoms with Gasteiger partial charge in [0.05, 0.1) is 0 Å². The zero-order chi connectivity index (χ0) is 6.57. The van der Waals surface area contributed by atoms with Crippen molar-refractivity contribution in [3.63, 3.8) is 0 Å². The van der Waals surface area contributed by atoms with Gasteiger partial charge >= 0.3 is 0 Å². The highest BCUT2D eigenvalue weighted by Gasteiger charge is 1.99. The number of nitrogens with two attached hydrogens (primary N) is 1. The van der Waals surface area contributed by atoms with E-state index in [4.69, 9.17) is 22.7 Å². The third-order valence-electron chi connectivity index (χ3n) is 0.697. The zero-order valence-corrected chi connectivity index (χ0v) is 5.99. The molecule has 3 heteroatoms. The summed E-state index contributed by atoms with van der Waals surface area (Å²) in [6, 6.07) is 0. The molecule has 0 atom stereocenters. The van der Waals surface area contributed by atoms with Gasteiger partial charge in [0.1, 0.15) is 6.73 Å². The van der Waals surface area contributed by atoms with Crippen molar-refractivity contribution in [3.8, 4) is 0 Å². The lowest BCUT2D eigenvalue weighted by atomic mass is 10.2. The van der Waals surface area contributed by atoms with E-state index < -0.39 is 0 Å². The van der Waals surface area contributed by atoms with Gasteiger partial charge in [-0.15, -0.1) is 0 Å². The highest BCUT2D eigenvalue weighted by molar-refractivity contribution is 7.80. The van der Waals surface area contributed by atoms with E-state index in [-0.39, 0.29) is 6.73 Å². The quantitative estimate of drug-likeness (QED) is 0.449. The fourth-order valence-electron chi connectivity index (χ4n) is 0.249. The van der Waals surface area contributed by atoms with Crippen molar-refractivity contribution in [3.05, 3.63) is 0 Å². The number of hydrogen-bond acceptors (Lipinski definition) is 3. The van der Waals surface area contributed by atoms with Crippen LogP contribution >= 0.6 is 12.2 Å². The molecular formula is C5H11NOS. The Hall–Kier alpha value is -0.150. The molecule has 0 spiro atoms. The van der Waals surface area contributed by atoms with Crippen LogP contribution in [0.4, 0.5) is 0 Å². The van der Waals surface area contributed by atoms with Gasteiger partial charge in [-0.3, -0.25) is 5.73 Å². The smallest absolute Gasteiger partial charge is 0.164 e. The highest BCUT2D eigenvalue weighted by Crippen LogP contribution is 1.96. The van der Waals surface area contributed by atoms with E-state index in [9.17, 15) is 0 Å². The first kappa shape index (κ1) is 7.85. The van der Waals surface area contributed by atoms with Crippen molar-refractivity contribution in [1.82, 2.24) is 0 Å². The van der Waals surface area contributed by atoms with Crippen molar-refractivity contribution >= 4 is 17.3 Å². The summed E-state index contributed by atoms with van der Waals surface area (Å²) in [5.74, 6) is 0.300. The number of hydrogen-bond donors (Lipinski definition) is 1. The molecular weight excluding hydrogens is 122 g/mol. The monoisotopic (exact) mass is 133 g/mol. The van der Waals surface area contributed by atoms with Crippen LogP contribution < -0.4 is 5.73 Å². The molecule has 0 rings (SSSR count). The Kier molecular flexibility index (Phi) is 3.73. The third-order valence-corrected chi connectivity index (χ3v) is 1.29. The molecule has 0 heterocycles. The maximum Gasteiger partial charge on any atom is 0.164 e. The average Bonchev–Trinajstić information content (AvgIpc) is 1.67. The Bertz CT molecular complexity index is 82.5. The van der Waals surface area contributed by atoms with Crippen molar-refractivity contribution in [2.45, 2.75) is 13.8 Å². The summed E-state index contributed by atoms with van der Waals surface area (Å²) in [5, 5.41) is 0.590. The summed E-state index contributed by atoms with van der Waals surface area (Å²) in [6.45, 7) is 4.13. The Morgan fingerprint density at radius 2 is 2.25 bits per heavy atom. The zero-order valence-electron chi connectivity index (χ0n) is 5.18. The maximum atomic E-state index is 5.06. The summed E-state index contributed by atoms with van der Waals surface area (Å²) < 4.78 is 4.81. The van der Waals surface area contributed by atoms with E-state index in [1.165, 1.54) is 0 Å². The van der Waals surface area contributed by atoms with Crippen LogP contribution in [0.15, 0.2) is 0 Å². The second kappa shape index (κ2) is 3.80. The summed E-state index contributed by atoms with van der Waals surface area (Å²) in [6.07, 6.45) is 0. The van der Waals surface area contributed by atoms with Gasteiger partial charge in [0, 0.05) is 5.92 Å². The predicted octanol–water partition coefficient (Wildman–Crippen LogP) is 0.903. The Labute approximate surface area is 55.0 Å². The van der Waals surface area contributed by atoms with Crippen LogP contribution in [0.5, 0.6) is 0 Å². The molecule has 0 aliphatic carbocycles. The maximum absolute atomic E-state index is 5.06. The average molecular weight is 133 g/mol. The molecule has 2 N–H and O–H groups in total. The van der Waals surface area contributed by atoms with Crippen LogP contribution in [0.3, 0.4) is 0 Å². The van der Waals surface area contributed by atoms with Crippen molar-refractivity contribution < 1.29 is 4.74 Å². The largest absolute Gasteiger partial charge is 0.472 e. The van der Waals surface area contributed by atoms with Crippen molar-refractivity contribution in [2.24, 2.45) is 11.7 Å².